The minimum atomic E-state index is -3.59. The summed E-state index contributed by atoms with van der Waals surface area (Å²) in [4.78, 5) is 23.9. The van der Waals surface area contributed by atoms with Gasteiger partial charge < -0.3 is 4.74 Å². The maximum absolute atomic E-state index is 12.2. The van der Waals surface area contributed by atoms with Crippen molar-refractivity contribution >= 4 is 44.8 Å². The van der Waals surface area contributed by atoms with Gasteiger partial charge in [0.15, 0.2) is 22.2 Å². The molecule has 0 radical (unpaired) electrons. The zero-order valence-electron chi connectivity index (χ0n) is 13.9. The van der Waals surface area contributed by atoms with Crippen LogP contribution in [0.3, 0.4) is 0 Å². The standard InChI is InChI=1S/C18H16Cl2O5S/c1-12-2-5-14(6-3-12)26(23,24)9-8-18(22)25-11-17(21)13-4-7-15(19)16(20)10-13/h2-7,10H,8-9,11H2,1H3. The van der Waals surface area contributed by atoms with Crippen LogP contribution >= 0.6 is 23.2 Å². The Labute approximate surface area is 161 Å². The average molecular weight is 415 g/mol. The Morgan fingerprint density at radius 3 is 2.27 bits per heavy atom. The van der Waals surface area contributed by atoms with Crippen molar-refractivity contribution in [3.8, 4) is 0 Å². The molecule has 0 spiro atoms. The molecule has 0 saturated heterocycles. The van der Waals surface area contributed by atoms with Gasteiger partial charge in [-0.05, 0) is 37.3 Å². The van der Waals surface area contributed by atoms with Gasteiger partial charge in [-0.3, -0.25) is 9.59 Å². The van der Waals surface area contributed by atoms with E-state index in [4.69, 9.17) is 27.9 Å². The molecule has 0 amide bonds. The molecule has 0 bridgehead atoms. The molecule has 0 fully saturated rings. The van der Waals surface area contributed by atoms with Gasteiger partial charge in [0.1, 0.15) is 0 Å². The molecule has 5 nitrogen and oxygen atoms in total. The number of esters is 1. The molecule has 0 aliphatic carbocycles. The number of benzene rings is 2. The van der Waals surface area contributed by atoms with E-state index in [0.717, 1.165) is 5.56 Å². The minimum Gasteiger partial charge on any atom is -0.457 e. The number of rotatable bonds is 7. The lowest BCUT2D eigenvalue weighted by Gasteiger charge is -2.07. The van der Waals surface area contributed by atoms with E-state index in [-0.39, 0.29) is 21.9 Å². The first-order chi connectivity index (χ1) is 12.2. The number of ether oxygens (including phenoxy) is 1. The number of Topliss-reactive ketones (excluding diaryl/α,β-unsaturated/α-hetero) is 1. The monoisotopic (exact) mass is 414 g/mol. The van der Waals surface area contributed by atoms with E-state index in [2.05, 4.69) is 0 Å². The van der Waals surface area contributed by atoms with Gasteiger partial charge >= 0.3 is 5.97 Å². The van der Waals surface area contributed by atoms with E-state index in [9.17, 15) is 18.0 Å². The van der Waals surface area contributed by atoms with Crippen molar-refractivity contribution in [2.45, 2.75) is 18.2 Å². The van der Waals surface area contributed by atoms with Crippen LogP contribution < -0.4 is 0 Å². The van der Waals surface area contributed by atoms with Crippen molar-refractivity contribution in [1.82, 2.24) is 0 Å². The fraction of sp³-hybridized carbons (Fsp3) is 0.222. The molecule has 0 saturated carbocycles. The molecule has 0 atom stereocenters. The predicted molar refractivity (Wildman–Crippen MR) is 99.6 cm³/mol. The maximum atomic E-state index is 12.2. The first-order valence-electron chi connectivity index (χ1n) is 7.62. The van der Waals surface area contributed by atoms with Gasteiger partial charge in [0, 0.05) is 5.56 Å². The minimum absolute atomic E-state index is 0.141. The number of ketones is 1. The third kappa shape index (κ3) is 5.56. The Balaban J connectivity index is 1.87. The molecular formula is C18H16Cl2O5S. The Morgan fingerprint density at radius 1 is 1.00 bits per heavy atom. The molecule has 2 rings (SSSR count). The van der Waals surface area contributed by atoms with Crippen molar-refractivity contribution in [1.29, 1.82) is 0 Å². The van der Waals surface area contributed by atoms with Crippen molar-refractivity contribution in [2.24, 2.45) is 0 Å². The number of halogens is 2. The second-order valence-corrected chi connectivity index (χ2v) is 8.52. The predicted octanol–water partition coefficient (Wildman–Crippen LogP) is 3.89. The quantitative estimate of drug-likeness (QED) is 0.507. The van der Waals surface area contributed by atoms with Crippen LogP contribution in [0.25, 0.3) is 0 Å². The summed E-state index contributed by atoms with van der Waals surface area (Å²) in [6.07, 6.45) is -0.342. The van der Waals surface area contributed by atoms with Crippen LogP contribution in [0, 0.1) is 6.92 Å². The number of hydrogen-bond donors (Lipinski definition) is 0. The lowest BCUT2D eigenvalue weighted by Crippen LogP contribution is -2.17. The van der Waals surface area contributed by atoms with Crippen LogP contribution in [0.2, 0.25) is 10.0 Å². The summed E-state index contributed by atoms with van der Waals surface area (Å²) in [6, 6.07) is 10.6. The van der Waals surface area contributed by atoms with Gasteiger partial charge in [0.2, 0.25) is 0 Å². The van der Waals surface area contributed by atoms with Crippen LogP contribution in [0.4, 0.5) is 0 Å². The second kappa shape index (κ2) is 8.66. The van der Waals surface area contributed by atoms with E-state index in [0.29, 0.717) is 5.02 Å². The number of carbonyl (C=O) groups excluding carboxylic acids is 2. The molecule has 138 valence electrons. The Hall–Kier alpha value is -1.89. The van der Waals surface area contributed by atoms with Gasteiger partial charge in [0.25, 0.3) is 0 Å². The molecule has 8 heteroatoms. The molecule has 0 heterocycles. The van der Waals surface area contributed by atoms with Crippen molar-refractivity contribution in [3.05, 3.63) is 63.6 Å². The lowest BCUT2D eigenvalue weighted by molar-refractivity contribution is -0.142. The molecule has 0 aromatic heterocycles. The van der Waals surface area contributed by atoms with Crippen LogP contribution in [0.5, 0.6) is 0 Å². The van der Waals surface area contributed by atoms with E-state index in [1.807, 2.05) is 6.92 Å². The molecule has 2 aromatic rings. The van der Waals surface area contributed by atoms with E-state index < -0.39 is 33.9 Å². The molecule has 0 aliphatic heterocycles. The van der Waals surface area contributed by atoms with Crippen LogP contribution in [0.15, 0.2) is 47.4 Å². The summed E-state index contributed by atoms with van der Waals surface area (Å²) in [5, 5.41) is 0.523. The number of sulfone groups is 1. The summed E-state index contributed by atoms with van der Waals surface area (Å²) in [5.74, 6) is -1.62. The highest BCUT2D eigenvalue weighted by Gasteiger charge is 2.18. The van der Waals surface area contributed by atoms with E-state index in [1.54, 1.807) is 12.1 Å². The molecule has 0 N–H and O–H groups in total. The maximum Gasteiger partial charge on any atom is 0.307 e. The van der Waals surface area contributed by atoms with Gasteiger partial charge in [0.05, 0.1) is 27.1 Å². The zero-order valence-corrected chi connectivity index (χ0v) is 16.2. The third-order valence-electron chi connectivity index (χ3n) is 3.56. The van der Waals surface area contributed by atoms with Gasteiger partial charge in [-0.25, -0.2) is 8.42 Å². The SMILES string of the molecule is Cc1ccc(S(=O)(=O)CCC(=O)OCC(=O)c2ccc(Cl)c(Cl)c2)cc1. The van der Waals surface area contributed by atoms with Crippen LogP contribution in [-0.4, -0.2) is 32.5 Å². The highest BCUT2D eigenvalue weighted by molar-refractivity contribution is 7.91. The smallest absolute Gasteiger partial charge is 0.307 e. The summed E-state index contributed by atoms with van der Waals surface area (Å²) in [5.41, 5.74) is 1.18. The number of aryl methyl sites for hydroxylation is 1. The first-order valence-corrected chi connectivity index (χ1v) is 10.0. The van der Waals surface area contributed by atoms with Crippen molar-refractivity contribution in [2.75, 3.05) is 12.4 Å². The topological polar surface area (TPSA) is 77.5 Å². The fourth-order valence-electron chi connectivity index (χ4n) is 2.05. The van der Waals surface area contributed by atoms with E-state index in [1.165, 1.54) is 30.3 Å². The Kier molecular flexibility index (Phi) is 6.81. The molecule has 2 aromatic carbocycles. The normalized spacial score (nSPS) is 11.2. The largest absolute Gasteiger partial charge is 0.457 e. The van der Waals surface area contributed by atoms with Crippen LogP contribution in [-0.2, 0) is 19.4 Å². The summed E-state index contributed by atoms with van der Waals surface area (Å²) in [7, 11) is -3.59. The molecular weight excluding hydrogens is 399 g/mol. The van der Waals surface area contributed by atoms with Gasteiger partial charge in [-0.2, -0.15) is 0 Å². The molecule has 0 aliphatic rings. The molecule has 26 heavy (non-hydrogen) atoms. The highest BCUT2D eigenvalue weighted by atomic mass is 35.5. The second-order valence-electron chi connectivity index (χ2n) is 5.59. The van der Waals surface area contributed by atoms with Gasteiger partial charge in [-0.15, -0.1) is 0 Å². The highest BCUT2D eigenvalue weighted by Crippen LogP contribution is 2.22. The summed E-state index contributed by atoms with van der Waals surface area (Å²) in [6.45, 7) is 1.35. The first kappa shape index (κ1) is 20.4. The third-order valence-corrected chi connectivity index (χ3v) is 6.03. The van der Waals surface area contributed by atoms with Crippen molar-refractivity contribution < 1.29 is 22.7 Å². The summed E-state index contributed by atoms with van der Waals surface area (Å²) >= 11 is 11.6. The zero-order chi connectivity index (χ0) is 19.3. The number of carbonyl (C=O) groups is 2. The Bertz CT molecular complexity index is 921. The lowest BCUT2D eigenvalue weighted by atomic mass is 10.1. The summed E-state index contributed by atoms with van der Waals surface area (Å²) < 4.78 is 29.2. The van der Waals surface area contributed by atoms with Crippen molar-refractivity contribution in [3.63, 3.8) is 0 Å². The van der Waals surface area contributed by atoms with Gasteiger partial charge in [-0.1, -0.05) is 40.9 Å². The van der Waals surface area contributed by atoms with Crippen LogP contribution in [0.1, 0.15) is 22.3 Å². The fourth-order valence-corrected chi connectivity index (χ4v) is 3.57. The van der Waals surface area contributed by atoms with E-state index >= 15 is 0 Å². The molecule has 0 unspecified atom stereocenters. The Morgan fingerprint density at radius 2 is 1.65 bits per heavy atom. The average Bonchev–Trinajstić information content (AvgIpc) is 2.60. The number of hydrogen-bond acceptors (Lipinski definition) is 5.